The van der Waals surface area contributed by atoms with Gasteiger partial charge >= 0.3 is 23.7 Å². The lowest BCUT2D eigenvalue weighted by Crippen LogP contribution is -2.68. The van der Waals surface area contributed by atoms with Crippen LogP contribution < -0.4 is 5.82 Å². The van der Waals surface area contributed by atoms with Crippen molar-refractivity contribution in [3.05, 3.63) is 33.8 Å². The number of aliphatic carboxylic acids is 1. The van der Waals surface area contributed by atoms with Gasteiger partial charge < -0.3 is 28.2 Å². The number of methoxy groups -OCH3 is 1. The summed E-state index contributed by atoms with van der Waals surface area (Å²) in [5.74, 6) is -3.30. The largest absolute Gasteiger partial charge is 0.519 e. The normalized spacial score (nSPS) is 42.9. The number of carbonyl (C=O) groups excluding carboxylic acids is 3. The Labute approximate surface area is 287 Å². The van der Waals surface area contributed by atoms with E-state index in [-0.39, 0.29) is 53.2 Å². The SMILES string of the molecule is COCC(=O)O[C@H]1CC[C@@]2(C)[C@@H](CC[C@]3(C)[C@@H]2C(=O)C=C2[C@@H]4C[C@@](C)(C(=O)O)CC[C@]4(C)CC[C@]23C)[C@]1(C)C(=O)OCc1oc(=O)oc1C. The zero-order valence-corrected chi connectivity index (χ0v) is 30.2. The first-order valence-corrected chi connectivity index (χ1v) is 17.7. The predicted molar refractivity (Wildman–Crippen MR) is 175 cm³/mol. The molecule has 0 bridgehead atoms. The second-order valence-electron chi connectivity index (χ2n) is 17.3. The number of hydrogen-bond acceptors (Lipinski definition) is 10. The van der Waals surface area contributed by atoms with E-state index >= 15 is 0 Å². The fourth-order valence-electron chi connectivity index (χ4n) is 11.6. The number of ether oxygens (including phenoxy) is 3. The number of aryl methyl sites for hydroxylation is 1. The van der Waals surface area contributed by atoms with E-state index in [9.17, 15) is 29.1 Å². The van der Waals surface area contributed by atoms with Gasteiger partial charge in [-0.2, -0.15) is 0 Å². The summed E-state index contributed by atoms with van der Waals surface area (Å²) in [4.78, 5) is 66.0. The maximum atomic E-state index is 14.8. The van der Waals surface area contributed by atoms with Crippen molar-refractivity contribution in [2.75, 3.05) is 13.7 Å². The number of hydrogen-bond donors (Lipinski definition) is 1. The summed E-state index contributed by atoms with van der Waals surface area (Å²) in [6, 6.07) is 0. The van der Waals surface area contributed by atoms with Crippen molar-refractivity contribution >= 4 is 23.7 Å². The number of ketones is 1. The predicted octanol–water partition coefficient (Wildman–Crippen LogP) is 6.19. The van der Waals surface area contributed by atoms with E-state index in [4.69, 9.17) is 23.0 Å². The second-order valence-corrected chi connectivity index (χ2v) is 17.3. The molecule has 49 heavy (non-hydrogen) atoms. The summed E-state index contributed by atoms with van der Waals surface area (Å²) in [6.45, 7) is 13.5. The van der Waals surface area contributed by atoms with Crippen molar-refractivity contribution in [3.8, 4) is 0 Å². The van der Waals surface area contributed by atoms with E-state index in [1.54, 1.807) is 13.8 Å². The van der Waals surface area contributed by atoms with Crippen LogP contribution >= 0.6 is 0 Å². The average molecular weight is 685 g/mol. The van der Waals surface area contributed by atoms with E-state index in [0.29, 0.717) is 38.5 Å². The highest BCUT2D eigenvalue weighted by Gasteiger charge is 2.72. The van der Waals surface area contributed by atoms with Crippen LogP contribution in [0.15, 0.2) is 25.3 Å². The van der Waals surface area contributed by atoms with Crippen LogP contribution in [0.25, 0.3) is 0 Å². The van der Waals surface area contributed by atoms with Crippen LogP contribution in [0.1, 0.15) is 111 Å². The minimum Gasteiger partial charge on any atom is -0.481 e. The van der Waals surface area contributed by atoms with E-state index in [1.165, 1.54) is 7.11 Å². The molecule has 1 heterocycles. The molecule has 4 fully saturated rings. The van der Waals surface area contributed by atoms with Crippen LogP contribution in [0.5, 0.6) is 0 Å². The standard InChI is InChI=1S/C38H52O11/c1-21-25(48-32(44)47-21)19-46-31(43)38(7)26-9-12-37(6)29(35(26,4)11-10-27(38)49-28(40)20-45-8)24(39)17-22-23-18-34(3,30(41)42)14-13-33(23,2)15-16-36(22,37)5/h17,23,26-27,29H,9-16,18-20H2,1-8H3,(H,41,42)/t23-,26+,27-,29+,33+,34-,35-,36+,37+,38-/m0/s1. The highest BCUT2D eigenvalue weighted by molar-refractivity contribution is 5.96. The Morgan fingerprint density at radius 2 is 1.63 bits per heavy atom. The molecule has 1 N–H and O–H groups in total. The van der Waals surface area contributed by atoms with Crippen molar-refractivity contribution < 1.29 is 47.3 Å². The topological polar surface area (TPSA) is 160 Å². The third kappa shape index (κ3) is 5.10. The number of carboxylic acids is 1. The van der Waals surface area contributed by atoms with Gasteiger partial charge in [0.1, 0.15) is 18.1 Å². The lowest BCUT2D eigenvalue weighted by molar-refractivity contribution is -0.225. The van der Waals surface area contributed by atoms with Gasteiger partial charge in [-0.15, -0.1) is 0 Å². The third-order valence-corrected chi connectivity index (χ3v) is 14.8. The van der Waals surface area contributed by atoms with Crippen LogP contribution in [0.2, 0.25) is 0 Å². The first kappa shape index (κ1) is 35.6. The number of carboxylic acid groups (broad SMARTS) is 1. The van der Waals surface area contributed by atoms with Crippen molar-refractivity contribution in [3.63, 3.8) is 0 Å². The first-order chi connectivity index (χ1) is 22.8. The number of allylic oxidation sites excluding steroid dienone is 2. The molecule has 0 aromatic carbocycles. The minimum absolute atomic E-state index is 0.00374. The van der Waals surface area contributed by atoms with Gasteiger partial charge in [-0.05, 0) is 118 Å². The van der Waals surface area contributed by atoms with E-state index in [2.05, 4.69) is 27.7 Å². The molecule has 1 aromatic rings. The Hall–Kier alpha value is -3.21. The quantitative estimate of drug-likeness (QED) is 0.326. The van der Waals surface area contributed by atoms with Gasteiger partial charge in [-0.1, -0.05) is 33.3 Å². The molecule has 1 aromatic heterocycles. The first-order valence-electron chi connectivity index (χ1n) is 17.7. The van der Waals surface area contributed by atoms with Gasteiger partial charge in [-0.3, -0.25) is 14.4 Å². The molecular formula is C38H52O11. The Morgan fingerprint density at radius 3 is 2.27 bits per heavy atom. The van der Waals surface area contributed by atoms with E-state index < -0.39 is 57.4 Å². The highest BCUT2D eigenvalue weighted by Crippen LogP contribution is 2.75. The summed E-state index contributed by atoms with van der Waals surface area (Å²) in [7, 11) is 1.40. The molecule has 5 aliphatic carbocycles. The molecule has 0 unspecified atom stereocenters. The number of fused-ring (bicyclic) bond motifs is 7. The molecule has 5 aliphatic rings. The van der Waals surface area contributed by atoms with Crippen LogP contribution in [-0.2, 0) is 40.0 Å². The van der Waals surface area contributed by atoms with E-state index in [0.717, 1.165) is 24.8 Å². The highest BCUT2D eigenvalue weighted by atomic mass is 16.6. The average Bonchev–Trinajstić information content (AvgIpc) is 3.35. The maximum Gasteiger partial charge on any atom is 0.519 e. The molecule has 0 spiro atoms. The van der Waals surface area contributed by atoms with Crippen LogP contribution in [-0.4, -0.2) is 48.6 Å². The molecule has 0 amide bonds. The lowest BCUT2D eigenvalue weighted by atomic mass is 9.33. The van der Waals surface area contributed by atoms with Gasteiger partial charge in [0.25, 0.3) is 0 Å². The van der Waals surface area contributed by atoms with Gasteiger partial charge in [0.2, 0.25) is 0 Å². The molecular weight excluding hydrogens is 632 g/mol. The Bertz CT molecular complexity index is 1650. The summed E-state index contributed by atoms with van der Waals surface area (Å²) in [6.07, 6.45) is 7.04. The molecule has 11 nitrogen and oxygen atoms in total. The molecule has 4 saturated carbocycles. The summed E-state index contributed by atoms with van der Waals surface area (Å²) >= 11 is 0. The van der Waals surface area contributed by atoms with Crippen LogP contribution in [0.3, 0.4) is 0 Å². The molecule has 11 heteroatoms. The minimum atomic E-state index is -1.32. The number of rotatable bonds is 7. The van der Waals surface area contributed by atoms with Gasteiger partial charge in [0, 0.05) is 13.0 Å². The van der Waals surface area contributed by atoms with Crippen molar-refractivity contribution in [2.45, 2.75) is 119 Å². The molecule has 0 radical (unpaired) electrons. The van der Waals surface area contributed by atoms with Crippen molar-refractivity contribution in [1.29, 1.82) is 0 Å². The van der Waals surface area contributed by atoms with Crippen molar-refractivity contribution in [1.82, 2.24) is 0 Å². The number of esters is 2. The Morgan fingerprint density at radius 1 is 0.939 bits per heavy atom. The fraction of sp³-hybridized carbons (Fsp3) is 0.763. The molecule has 0 saturated heterocycles. The van der Waals surface area contributed by atoms with Crippen LogP contribution in [0, 0.1) is 57.2 Å². The van der Waals surface area contributed by atoms with Gasteiger partial charge in [-0.25, -0.2) is 9.59 Å². The smallest absolute Gasteiger partial charge is 0.481 e. The fourth-order valence-corrected chi connectivity index (χ4v) is 11.6. The van der Waals surface area contributed by atoms with Crippen molar-refractivity contribution in [2.24, 2.45) is 50.2 Å². The van der Waals surface area contributed by atoms with Gasteiger partial charge in [0.15, 0.2) is 23.9 Å². The Balaban J connectivity index is 1.39. The molecule has 0 aliphatic heterocycles. The molecule has 10 atom stereocenters. The third-order valence-electron chi connectivity index (χ3n) is 14.8. The molecule has 270 valence electrons. The van der Waals surface area contributed by atoms with Gasteiger partial charge in [0.05, 0.1) is 5.41 Å². The lowest BCUT2D eigenvalue weighted by Gasteiger charge is -2.70. The summed E-state index contributed by atoms with van der Waals surface area (Å²) in [5, 5.41) is 10.2. The zero-order valence-electron chi connectivity index (χ0n) is 30.2. The monoisotopic (exact) mass is 684 g/mol. The molecule has 6 rings (SSSR count). The zero-order chi connectivity index (χ0) is 35.9. The number of carbonyl (C=O) groups is 4. The summed E-state index contributed by atoms with van der Waals surface area (Å²) in [5.41, 5.74) is -2.54. The summed E-state index contributed by atoms with van der Waals surface area (Å²) < 4.78 is 26.8. The maximum absolute atomic E-state index is 14.8. The second kappa shape index (κ2) is 11.7. The van der Waals surface area contributed by atoms with Crippen LogP contribution in [0.4, 0.5) is 0 Å². The Kier molecular flexibility index (Phi) is 8.48. The van der Waals surface area contributed by atoms with E-state index in [1.807, 2.05) is 13.0 Å².